The highest BCUT2D eigenvalue weighted by Crippen LogP contribution is 2.34. The van der Waals surface area contributed by atoms with E-state index in [1.807, 2.05) is 16.7 Å². The van der Waals surface area contributed by atoms with E-state index in [1.165, 1.54) is 0 Å². The number of aromatic amines is 1. The van der Waals surface area contributed by atoms with Crippen molar-refractivity contribution >= 4 is 26.8 Å². The Morgan fingerprint density at radius 1 is 1.35 bits per heavy atom. The number of likely N-dealkylation sites (tertiary alicyclic amines) is 1. The van der Waals surface area contributed by atoms with E-state index < -0.39 is 10.0 Å². The fourth-order valence-electron chi connectivity index (χ4n) is 3.93. The molecule has 0 bridgehead atoms. The first kappa shape index (κ1) is 16.2. The summed E-state index contributed by atoms with van der Waals surface area (Å²) in [6.45, 7) is 3.59. The number of hydrogen-bond acceptors (Lipinski definition) is 6. The van der Waals surface area contributed by atoms with Gasteiger partial charge in [-0.3, -0.25) is 9.30 Å². The first-order chi connectivity index (χ1) is 12.6. The van der Waals surface area contributed by atoms with E-state index in [-0.39, 0.29) is 17.3 Å². The molecule has 0 amide bonds. The van der Waals surface area contributed by atoms with Gasteiger partial charge in [-0.1, -0.05) is 6.92 Å². The molecule has 3 aromatic heterocycles. The van der Waals surface area contributed by atoms with Gasteiger partial charge in [0.25, 0.3) is 0 Å². The summed E-state index contributed by atoms with van der Waals surface area (Å²) in [4.78, 5) is 9.72. The number of likely N-dealkylation sites (N-methyl/N-ethyl adjacent to an activating group) is 1. The van der Waals surface area contributed by atoms with Crippen LogP contribution in [0.2, 0.25) is 0 Å². The molecule has 10 heteroatoms. The van der Waals surface area contributed by atoms with Crippen LogP contribution in [0.1, 0.15) is 38.1 Å². The average molecular weight is 375 g/mol. The Morgan fingerprint density at radius 2 is 2.19 bits per heavy atom. The smallest absolute Gasteiger partial charge is 0.214 e. The second-order valence-corrected chi connectivity index (χ2v) is 9.11. The number of rotatable bonds is 5. The van der Waals surface area contributed by atoms with Crippen LogP contribution in [0.5, 0.6) is 0 Å². The monoisotopic (exact) mass is 375 g/mol. The SMILES string of the molecule is CCN1CC(NS(=O)(=O)C2CC2)CC1c1nnc2cnc3[nH]ccc3n12. The molecule has 2 unspecified atom stereocenters. The van der Waals surface area contributed by atoms with E-state index in [4.69, 9.17) is 0 Å². The van der Waals surface area contributed by atoms with Crippen molar-refractivity contribution in [1.29, 1.82) is 0 Å². The zero-order chi connectivity index (χ0) is 17.9. The normalized spacial score (nSPS) is 24.8. The van der Waals surface area contributed by atoms with Crippen LogP contribution < -0.4 is 4.72 Å². The molecule has 2 aliphatic rings. The van der Waals surface area contributed by atoms with Crippen molar-refractivity contribution in [3.05, 3.63) is 24.3 Å². The average Bonchev–Trinajstić information content (AvgIpc) is 3.06. The number of H-pyrrole nitrogens is 1. The van der Waals surface area contributed by atoms with Gasteiger partial charge >= 0.3 is 0 Å². The van der Waals surface area contributed by atoms with Crippen LogP contribution in [0.3, 0.4) is 0 Å². The molecule has 9 nitrogen and oxygen atoms in total. The van der Waals surface area contributed by atoms with Gasteiger partial charge in [0, 0.05) is 18.8 Å². The van der Waals surface area contributed by atoms with Crippen LogP contribution >= 0.6 is 0 Å². The quantitative estimate of drug-likeness (QED) is 0.684. The molecule has 1 aliphatic carbocycles. The van der Waals surface area contributed by atoms with E-state index >= 15 is 0 Å². The first-order valence-electron chi connectivity index (χ1n) is 8.99. The topological polar surface area (TPSA) is 108 Å². The van der Waals surface area contributed by atoms with Crippen LogP contribution in [0.25, 0.3) is 16.8 Å². The van der Waals surface area contributed by atoms with Crippen LogP contribution in [0, 0.1) is 0 Å². The summed E-state index contributed by atoms with van der Waals surface area (Å²) in [7, 11) is -3.20. The molecular weight excluding hydrogens is 354 g/mol. The highest BCUT2D eigenvalue weighted by Gasteiger charge is 2.41. The molecule has 1 saturated heterocycles. The van der Waals surface area contributed by atoms with E-state index in [9.17, 15) is 8.42 Å². The van der Waals surface area contributed by atoms with E-state index in [0.29, 0.717) is 18.6 Å². The van der Waals surface area contributed by atoms with Crippen molar-refractivity contribution < 1.29 is 8.42 Å². The summed E-state index contributed by atoms with van der Waals surface area (Å²) in [6, 6.07) is 1.88. The van der Waals surface area contributed by atoms with Crippen molar-refractivity contribution in [2.75, 3.05) is 13.1 Å². The van der Waals surface area contributed by atoms with E-state index in [2.05, 4.69) is 36.7 Å². The predicted octanol–water partition coefficient (Wildman–Crippen LogP) is 0.823. The highest BCUT2D eigenvalue weighted by atomic mass is 32.2. The Balaban J connectivity index is 1.50. The summed E-state index contributed by atoms with van der Waals surface area (Å²) >= 11 is 0. The highest BCUT2D eigenvalue weighted by molar-refractivity contribution is 7.90. The van der Waals surface area contributed by atoms with Gasteiger partial charge in [-0.15, -0.1) is 10.2 Å². The second-order valence-electron chi connectivity index (χ2n) is 7.12. The lowest BCUT2D eigenvalue weighted by atomic mass is 10.1. The van der Waals surface area contributed by atoms with Gasteiger partial charge in [-0.05, 0) is 31.9 Å². The largest absolute Gasteiger partial charge is 0.345 e. The molecule has 1 aliphatic heterocycles. The third-order valence-electron chi connectivity index (χ3n) is 5.37. The molecule has 2 N–H and O–H groups in total. The Kier molecular flexibility index (Phi) is 3.56. The van der Waals surface area contributed by atoms with Crippen LogP contribution in [-0.2, 0) is 10.0 Å². The predicted molar refractivity (Wildman–Crippen MR) is 96.1 cm³/mol. The summed E-state index contributed by atoms with van der Waals surface area (Å²) in [5.74, 6) is 0.835. The third kappa shape index (κ3) is 2.51. The number of hydrogen-bond donors (Lipinski definition) is 2. The minimum absolute atomic E-state index is 0.0161. The Bertz CT molecular complexity index is 1070. The summed E-state index contributed by atoms with van der Waals surface area (Å²) < 4.78 is 29.6. The van der Waals surface area contributed by atoms with Crippen LogP contribution in [0.4, 0.5) is 0 Å². The molecule has 0 aromatic carbocycles. The van der Waals surface area contributed by atoms with Crippen molar-refractivity contribution in [2.24, 2.45) is 0 Å². The number of nitrogens with one attached hydrogen (secondary N) is 2. The lowest BCUT2D eigenvalue weighted by molar-refractivity contribution is 0.260. The third-order valence-corrected chi connectivity index (χ3v) is 7.38. The van der Waals surface area contributed by atoms with Crippen LogP contribution in [-0.4, -0.2) is 62.3 Å². The Morgan fingerprint density at radius 3 is 2.96 bits per heavy atom. The minimum Gasteiger partial charge on any atom is -0.345 e. The number of aromatic nitrogens is 5. The minimum atomic E-state index is -3.20. The van der Waals surface area contributed by atoms with Crippen molar-refractivity contribution in [3.8, 4) is 0 Å². The van der Waals surface area contributed by atoms with Gasteiger partial charge in [0.15, 0.2) is 17.1 Å². The molecule has 0 spiro atoms. The molecule has 138 valence electrons. The van der Waals surface area contributed by atoms with Crippen molar-refractivity contribution in [3.63, 3.8) is 0 Å². The standard InChI is InChI=1S/C16H21N7O2S/c1-2-22-9-10(21-26(24,25)11-3-4-11)7-13(22)16-20-19-14-8-18-15-12(23(14)16)5-6-17-15/h5-6,8,10-11,13,17,21H,2-4,7,9H2,1H3. The maximum absolute atomic E-state index is 12.3. The summed E-state index contributed by atoms with van der Waals surface area (Å²) in [5.41, 5.74) is 2.41. The number of fused-ring (bicyclic) bond motifs is 3. The molecule has 3 aromatic rings. The van der Waals surface area contributed by atoms with E-state index in [0.717, 1.165) is 36.4 Å². The van der Waals surface area contributed by atoms with Crippen molar-refractivity contribution in [2.45, 2.75) is 43.5 Å². The molecule has 2 atom stereocenters. The maximum atomic E-state index is 12.3. The van der Waals surface area contributed by atoms with Gasteiger partial charge in [-0.2, -0.15) is 0 Å². The molecular formula is C16H21N7O2S. The Labute approximate surface area is 150 Å². The molecule has 26 heavy (non-hydrogen) atoms. The van der Waals surface area contributed by atoms with Gasteiger partial charge in [-0.25, -0.2) is 18.1 Å². The van der Waals surface area contributed by atoms with Crippen molar-refractivity contribution in [1.82, 2.24) is 34.2 Å². The lowest BCUT2D eigenvalue weighted by Gasteiger charge is -2.20. The number of sulfonamides is 1. The van der Waals surface area contributed by atoms with Crippen LogP contribution in [0.15, 0.2) is 18.5 Å². The van der Waals surface area contributed by atoms with E-state index in [1.54, 1.807) is 6.20 Å². The van der Waals surface area contributed by atoms with Gasteiger partial charge in [0.05, 0.1) is 23.0 Å². The number of nitrogens with zero attached hydrogens (tertiary/aromatic N) is 5. The molecule has 0 radical (unpaired) electrons. The fourth-order valence-corrected chi connectivity index (χ4v) is 5.51. The van der Waals surface area contributed by atoms with Gasteiger partial charge < -0.3 is 4.98 Å². The molecule has 2 fully saturated rings. The summed E-state index contributed by atoms with van der Waals surface area (Å²) in [6.07, 6.45) is 5.79. The van der Waals surface area contributed by atoms with Gasteiger partial charge in [0.1, 0.15) is 0 Å². The zero-order valence-corrected chi connectivity index (χ0v) is 15.3. The molecule has 5 rings (SSSR count). The second kappa shape index (κ2) is 5.73. The first-order valence-corrected chi connectivity index (χ1v) is 10.5. The molecule has 1 saturated carbocycles. The maximum Gasteiger partial charge on any atom is 0.214 e. The summed E-state index contributed by atoms with van der Waals surface area (Å²) in [5, 5.41) is 8.50. The van der Waals surface area contributed by atoms with Gasteiger partial charge in [0.2, 0.25) is 10.0 Å². The fraction of sp³-hybridized carbons (Fsp3) is 0.562. The Hall–Kier alpha value is -2.04. The molecule has 4 heterocycles. The lowest BCUT2D eigenvalue weighted by Crippen LogP contribution is -2.38. The zero-order valence-electron chi connectivity index (χ0n) is 14.5.